The summed E-state index contributed by atoms with van der Waals surface area (Å²) in [5.74, 6) is 0. The molecular formula is C20H16O. The summed E-state index contributed by atoms with van der Waals surface area (Å²) in [6, 6.07) is 23.4. The molecule has 4 aromatic rings. The molecule has 0 amide bonds. The normalized spacial score (nSPS) is 11.3. The molecule has 0 aliphatic carbocycles. The molecular weight excluding hydrogens is 256 g/mol. The Labute approximate surface area is 123 Å². The van der Waals surface area contributed by atoms with Crippen LogP contribution in [0.15, 0.2) is 71.1 Å². The molecule has 0 aliphatic rings. The highest BCUT2D eigenvalue weighted by Gasteiger charge is 2.07. The van der Waals surface area contributed by atoms with E-state index in [1.54, 1.807) is 0 Å². The van der Waals surface area contributed by atoms with Crippen LogP contribution in [0.3, 0.4) is 0 Å². The van der Waals surface area contributed by atoms with Crippen LogP contribution in [-0.2, 0) is 6.42 Å². The molecule has 0 saturated carbocycles. The monoisotopic (exact) mass is 272 g/mol. The fourth-order valence-corrected chi connectivity index (χ4v) is 2.88. The summed E-state index contributed by atoms with van der Waals surface area (Å²) >= 11 is 0. The third kappa shape index (κ3) is 2.02. The SMILES string of the molecule is CCc1cccc(-c2ccc3oc4ccccc4c3c2)c1. The van der Waals surface area contributed by atoms with Gasteiger partial charge in [-0.2, -0.15) is 0 Å². The van der Waals surface area contributed by atoms with Crippen molar-refractivity contribution in [2.24, 2.45) is 0 Å². The average Bonchev–Trinajstić information content (AvgIpc) is 2.92. The van der Waals surface area contributed by atoms with E-state index in [-0.39, 0.29) is 0 Å². The maximum absolute atomic E-state index is 5.89. The molecule has 0 spiro atoms. The van der Waals surface area contributed by atoms with Crippen molar-refractivity contribution in [2.45, 2.75) is 13.3 Å². The number of rotatable bonds is 2. The van der Waals surface area contributed by atoms with Crippen LogP contribution in [0.4, 0.5) is 0 Å². The zero-order valence-corrected chi connectivity index (χ0v) is 12.0. The van der Waals surface area contributed by atoms with E-state index in [0.717, 1.165) is 17.6 Å². The molecule has 0 N–H and O–H groups in total. The van der Waals surface area contributed by atoms with Gasteiger partial charge in [0.1, 0.15) is 11.2 Å². The molecule has 1 nitrogen and oxygen atoms in total. The lowest BCUT2D eigenvalue weighted by atomic mass is 10.0. The molecule has 0 atom stereocenters. The topological polar surface area (TPSA) is 13.1 Å². The van der Waals surface area contributed by atoms with Crippen LogP contribution in [0.1, 0.15) is 12.5 Å². The van der Waals surface area contributed by atoms with Crippen LogP contribution in [0, 0.1) is 0 Å². The Hall–Kier alpha value is -2.54. The first-order valence-electron chi connectivity index (χ1n) is 7.36. The van der Waals surface area contributed by atoms with E-state index >= 15 is 0 Å². The molecule has 21 heavy (non-hydrogen) atoms. The maximum atomic E-state index is 5.89. The first-order chi connectivity index (χ1) is 10.3. The molecule has 1 heterocycles. The van der Waals surface area contributed by atoms with E-state index in [0.29, 0.717) is 0 Å². The van der Waals surface area contributed by atoms with Crippen molar-refractivity contribution in [3.63, 3.8) is 0 Å². The first-order valence-corrected chi connectivity index (χ1v) is 7.36. The number of hydrogen-bond donors (Lipinski definition) is 0. The highest BCUT2D eigenvalue weighted by molar-refractivity contribution is 6.06. The second kappa shape index (κ2) is 4.78. The quantitative estimate of drug-likeness (QED) is 0.448. The molecule has 0 aliphatic heterocycles. The average molecular weight is 272 g/mol. The number of furan rings is 1. The minimum absolute atomic E-state index is 0.951. The number of fused-ring (bicyclic) bond motifs is 3. The van der Waals surface area contributed by atoms with Crippen molar-refractivity contribution >= 4 is 21.9 Å². The largest absolute Gasteiger partial charge is 0.456 e. The Morgan fingerprint density at radius 3 is 2.43 bits per heavy atom. The molecule has 1 aromatic heterocycles. The number of para-hydroxylation sites is 1. The van der Waals surface area contributed by atoms with Gasteiger partial charge in [-0.05, 0) is 41.3 Å². The molecule has 0 fully saturated rings. The summed E-state index contributed by atoms with van der Waals surface area (Å²) in [5, 5.41) is 2.37. The Morgan fingerprint density at radius 1 is 0.714 bits per heavy atom. The zero-order chi connectivity index (χ0) is 14.2. The zero-order valence-electron chi connectivity index (χ0n) is 12.0. The molecule has 3 aromatic carbocycles. The van der Waals surface area contributed by atoms with Gasteiger partial charge in [-0.25, -0.2) is 0 Å². The smallest absolute Gasteiger partial charge is 0.135 e. The van der Waals surface area contributed by atoms with Gasteiger partial charge in [0.2, 0.25) is 0 Å². The van der Waals surface area contributed by atoms with E-state index in [1.165, 1.54) is 27.5 Å². The van der Waals surface area contributed by atoms with Crippen molar-refractivity contribution in [2.75, 3.05) is 0 Å². The third-order valence-corrected chi connectivity index (χ3v) is 4.05. The Morgan fingerprint density at radius 2 is 1.52 bits per heavy atom. The van der Waals surface area contributed by atoms with Gasteiger partial charge in [-0.3, -0.25) is 0 Å². The lowest BCUT2D eigenvalue weighted by Gasteiger charge is -2.04. The molecule has 0 saturated heterocycles. The third-order valence-electron chi connectivity index (χ3n) is 4.05. The van der Waals surface area contributed by atoms with E-state index < -0.39 is 0 Å². The summed E-state index contributed by atoms with van der Waals surface area (Å²) in [7, 11) is 0. The highest BCUT2D eigenvalue weighted by atomic mass is 16.3. The van der Waals surface area contributed by atoms with E-state index in [9.17, 15) is 0 Å². The number of benzene rings is 3. The van der Waals surface area contributed by atoms with Crippen molar-refractivity contribution in [3.05, 3.63) is 72.3 Å². The summed E-state index contributed by atoms with van der Waals surface area (Å²) in [5.41, 5.74) is 5.77. The summed E-state index contributed by atoms with van der Waals surface area (Å²) in [6.07, 6.45) is 1.06. The Balaban J connectivity index is 1.95. The van der Waals surface area contributed by atoms with Gasteiger partial charge in [-0.1, -0.05) is 55.5 Å². The molecule has 1 heteroatoms. The Bertz CT molecular complexity index is 931. The van der Waals surface area contributed by atoms with Crippen LogP contribution in [-0.4, -0.2) is 0 Å². The van der Waals surface area contributed by atoms with E-state index in [2.05, 4.69) is 61.5 Å². The number of aryl methyl sites for hydroxylation is 1. The van der Waals surface area contributed by atoms with Crippen LogP contribution in [0.5, 0.6) is 0 Å². The number of hydrogen-bond acceptors (Lipinski definition) is 1. The predicted octanol–water partition coefficient (Wildman–Crippen LogP) is 5.82. The lowest BCUT2D eigenvalue weighted by Crippen LogP contribution is -1.82. The van der Waals surface area contributed by atoms with Crippen LogP contribution in [0.25, 0.3) is 33.1 Å². The Kier molecular flexibility index (Phi) is 2.78. The molecule has 0 unspecified atom stereocenters. The van der Waals surface area contributed by atoms with Crippen molar-refractivity contribution in [3.8, 4) is 11.1 Å². The minimum atomic E-state index is 0.951. The van der Waals surface area contributed by atoms with Gasteiger partial charge in [0.05, 0.1) is 0 Å². The second-order valence-corrected chi connectivity index (χ2v) is 5.36. The van der Waals surface area contributed by atoms with Crippen LogP contribution >= 0.6 is 0 Å². The van der Waals surface area contributed by atoms with Crippen molar-refractivity contribution in [1.82, 2.24) is 0 Å². The fraction of sp³-hybridized carbons (Fsp3) is 0.100. The summed E-state index contributed by atoms with van der Waals surface area (Å²) in [4.78, 5) is 0. The lowest BCUT2D eigenvalue weighted by molar-refractivity contribution is 0.669. The van der Waals surface area contributed by atoms with Gasteiger partial charge in [0, 0.05) is 10.8 Å². The molecule has 0 radical (unpaired) electrons. The predicted molar refractivity (Wildman–Crippen MR) is 88.5 cm³/mol. The fourth-order valence-electron chi connectivity index (χ4n) is 2.88. The van der Waals surface area contributed by atoms with Gasteiger partial charge < -0.3 is 4.42 Å². The first kappa shape index (κ1) is 12.2. The van der Waals surface area contributed by atoms with E-state index in [1.807, 2.05) is 12.1 Å². The molecule has 0 bridgehead atoms. The van der Waals surface area contributed by atoms with Gasteiger partial charge in [0.25, 0.3) is 0 Å². The van der Waals surface area contributed by atoms with Gasteiger partial charge in [-0.15, -0.1) is 0 Å². The highest BCUT2D eigenvalue weighted by Crippen LogP contribution is 2.32. The molecule has 102 valence electrons. The van der Waals surface area contributed by atoms with Gasteiger partial charge >= 0.3 is 0 Å². The van der Waals surface area contributed by atoms with Crippen LogP contribution < -0.4 is 0 Å². The minimum Gasteiger partial charge on any atom is -0.456 e. The second-order valence-electron chi connectivity index (χ2n) is 5.36. The maximum Gasteiger partial charge on any atom is 0.135 e. The van der Waals surface area contributed by atoms with Gasteiger partial charge in [0.15, 0.2) is 0 Å². The van der Waals surface area contributed by atoms with Crippen LogP contribution in [0.2, 0.25) is 0 Å². The summed E-state index contributed by atoms with van der Waals surface area (Å²) < 4.78 is 5.89. The van der Waals surface area contributed by atoms with E-state index in [4.69, 9.17) is 4.42 Å². The summed E-state index contributed by atoms with van der Waals surface area (Å²) in [6.45, 7) is 2.19. The molecule has 4 rings (SSSR count). The van der Waals surface area contributed by atoms with Crippen molar-refractivity contribution < 1.29 is 4.42 Å². The standard InChI is InChI=1S/C20H16O/c1-2-14-6-5-7-15(12-14)16-10-11-20-18(13-16)17-8-3-4-9-19(17)21-20/h3-13H,2H2,1H3. The van der Waals surface area contributed by atoms with Crippen molar-refractivity contribution in [1.29, 1.82) is 0 Å².